The smallest absolute Gasteiger partial charge is 0.413 e. The van der Waals surface area contributed by atoms with Crippen LogP contribution in [0.15, 0.2) is 47.2 Å². The highest BCUT2D eigenvalue weighted by Gasteiger charge is 2.18. The lowest BCUT2D eigenvalue weighted by molar-refractivity contribution is 0.120. The maximum atomic E-state index is 11.7. The Hall–Kier alpha value is -2.30. The van der Waals surface area contributed by atoms with Crippen LogP contribution >= 0.6 is 0 Å². The average molecular weight is 287 g/mol. The normalized spacial score (nSPS) is 15.4. The minimum absolute atomic E-state index is 0.293. The predicted octanol–water partition coefficient (Wildman–Crippen LogP) is 3.61. The number of nitrogens with one attached hydrogen (secondary N) is 1. The standard InChI is InChI=1S/C16H21N3O2/c1-3-21-16(20)19-11-7-8-14(12-19)13(2)17-18-15-9-5-4-6-10-15/h4-6,9-10,12,18H,3,7-8,11H2,1-2H3/b17-13-. The van der Waals surface area contributed by atoms with Crippen molar-refractivity contribution in [1.29, 1.82) is 0 Å². The first kappa shape index (κ1) is 15.1. The molecule has 5 heteroatoms. The lowest BCUT2D eigenvalue weighted by Gasteiger charge is -2.24. The molecule has 0 bridgehead atoms. The quantitative estimate of drug-likeness (QED) is 0.680. The van der Waals surface area contributed by atoms with Crippen molar-refractivity contribution in [2.75, 3.05) is 18.6 Å². The maximum absolute atomic E-state index is 11.7. The monoisotopic (exact) mass is 287 g/mol. The summed E-state index contributed by atoms with van der Waals surface area (Å²) >= 11 is 0. The van der Waals surface area contributed by atoms with Crippen molar-refractivity contribution >= 4 is 17.5 Å². The molecule has 1 aromatic carbocycles. The fraction of sp³-hybridized carbons (Fsp3) is 0.375. The molecule has 1 aliphatic rings. The number of nitrogens with zero attached hydrogens (tertiary/aromatic N) is 2. The number of carbonyl (C=O) groups excluding carboxylic acids is 1. The van der Waals surface area contributed by atoms with Crippen molar-refractivity contribution in [2.24, 2.45) is 5.10 Å². The first-order chi connectivity index (χ1) is 10.2. The fourth-order valence-electron chi connectivity index (χ4n) is 2.11. The Kier molecular flexibility index (Phi) is 5.37. The molecule has 0 unspecified atom stereocenters. The highest BCUT2D eigenvalue weighted by molar-refractivity contribution is 5.99. The van der Waals surface area contributed by atoms with Crippen LogP contribution in [-0.4, -0.2) is 29.9 Å². The van der Waals surface area contributed by atoms with Crippen molar-refractivity contribution < 1.29 is 9.53 Å². The summed E-state index contributed by atoms with van der Waals surface area (Å²) in [6, 6.07) is 9.78. The van der Waals surface area contributed by atoms with Gasteiger partial charge in [-0.1, -0.05) is 18.2 Å². The molecule has 112 valence electrons. The van der Waals surface area contributed by atoms with Crippen molar-refractivity contribution in [3.63, 3.8) is 0 Å². The van der Waals surface area contributed by atoms with Gasteiger partial charge in [0.1, 0.15) is 0 Å². The Morgan fingerprint density at radius 1 is 1.38 bits per heavy atom. The Balaban J connectivity index is 2.03. The number of allylic oxidation sites excluding steroid dienone is 1. The minimum Gasteiger partial charge on any atom is -0.449 e. The van der Waals surface area contributed by atoms with Gasteiger partial charge in [-0.05, 0) is 44.4 Å². The van der Waals surface area contributed by atoms with E-state index in [4.69, 9.17) is 4.74 Å². The number of anilines is 1. The van der Waals surface area contributed by atoms with Gasteiger partial charge in [0.2, 0.25) is 0 Å². The topological polar surface area (TPSA) is 53.9 Å². The van der Waals surface area contributed by atoms with Crippen molar-refractivity contribution in [3.05, 3.63) is 42.1 Å². The van der Waals surface area contributed by atoms with Crippen LogP contribution in [0.5, 0.6) is 0 Å². The average Bonchev–Trinajstić information content (AvgIpc) is 2.54. The van der Waals surface area contributed by atoms with E-state index in [1.807, 2.05) is 50.4 Å². The SMILES string of the molecule is CCOC(=O)N1C=C(/C(C)=N\Nc2ccccc2)CCC1. The van der Waals surface area contributed by atoms with E-state index in [1.54, 1.807) is 4.90 Å². The number of ether oxygens (including phenoxy) is 1. The molecule has 1 heterocycles. The number of hydrogen-bond donors (Lipinski definition) is 1. The summed E-state index contributed by atoms with van der Waals surface area (Å²) in [5, 5.41) is 4.38. The number of carbonyl (C=O) groups is 1. The van der Waals surface area contributed by atoms with Crippen LogP contribution in [0.25, 0.3) is 0 Å². The zero-order valence-corrected chi connectivity index (χ0v) is 12.5. The van der Waals surface area contributed by atoms with Crippen LogP contribution in [0.4, 0.5) is 10.5 Å². The van der Waals surface area contributed by atoms with E-state index >= 15 is 0 Å². The Bertz CT molecular complexity index is 538. The third kappa shape index (κ3) is 4.34. The zero-order chi connectivity index (χ0) is 15.1. The van der Waals surface area contributed by atoms with Crippen LogP contribution in [0.3, 0.4) is 0 Å². The number of benzene rings is 1. The van der Waals surface area contributed by atoms with E-state index in [-0.39, 0.29) is 6.09 Å². The van der Waals surface area contributed by atoms with Gasteiger partial charge >= 0.3 is 6.09 Å². The second-order valence-corrected chi connectivity index (χ2v) is 4.83. The molecule has 0 saturated heterocycles. The third-order valence-corrected chi connectivity index (χ3v) is 3.25. The Morgan fingerprint density at radius 2 is 2.14 bits per heavy atom. The van der Waals surface area contributed by atoms with Crippen LogP contribution in [0.2, 0.25) is 0 Å². The van der Waals surface area contributed by atoms with Gasteiger partial charge in [-0.3, -0.25) is 10.3 Å². The van der Waals surface area contributed by atoms with Gasteiger partial charge < -0.3 is 4.74 Å². The highest BCUT2D eigenvalue weighted by atomic mass is 16.6. The van der Waals surface area contributed by atoms with E-state index in [0.717, 1.165) is 29.8 Å². The molecule has 0 aromatic heterocycles. The van der Waals surface area contributed by atoms with Crippen molar-refractivity contribution in [3.8, 4) is 0 Å². The maximum Gasteiger partial charge on any atom is 0.413 e. The van der Waals surface area contributed by atoms with Gasteiger partial charge in [-0.25, -0.2) is 4.79 Å². The first-order valence-corrected chi connectivity index (χ1v) is 7.20. The molecule has 5 nitrogen and oxygen atoms in total. The number of para-hydroxylation sites is 1. The number of amides is 1. The molecule has 21 heavy (non-hydrogen) atoms. The Labute approximate surface area is 125 Å². The Morgan fingerprint density at radius 3 is 2.86 bits per heavy atom. The predicted molar refractivity (Wildman–Crippen MR) is 84.2 cm³/mol. The van der Waals surface area contributed by atoms with Gasteiger partial charge in [-0.2, -0.15) is 5.10 Å². The second-order valence-electron chi connectivity index (χ2n) is 4.83. The summed E-state index contributed by atoms with van der Waals surface area (Å²) in [4.78, 5) is 13.4. The molecule has 0 spiro atoms. The highest BCUT2D eigenvalue weighted by Crippen LogP contribution is 2.17. The molecule has 0 radical (unpaired) electrons. The second kappa shape index (κ2) is 7.47. The molecule has 2 rings (SSSR count). The van der Waals surface area contributed by atoms with E-state index in [1.165, 1.54) is 0 Å². The lowest BCUT2D eigenvalue weighted by atomic mass is 10.0. The van der Waals surface area contributed by atoms with E-state index in [2.05, 4.69) is 10.5 Å². The van der Waals surface area contributed by atoms with Crippen molar-refractivity contribution in [2.45, 2.75) is 26.7 Å². The van der Waals surface area contributed by atoms with Crippen LogP contribution in [0.1, 0.15) is 26.7 Å². The van der Waals surface area contributed by atoms with E-state index in [0.29, 0.717) is 13.2 Å². The molecule has 0 fully saturated rings. The van der Waals surface area contributed by atoms with Gasteiger partial charge in [0.05, 0.1) is 18.0 Å². The zero-order valence-electron chi connectivity index (χ0n) is 12.5. The van der Waals surface area contributed by atoms with Gasteiger partial charge in [-0.15, -0.1) is 0 Å². The molecular formula is C16H21N3O2. The largest absolute Gasteiger partial charge is 0.449 e. The summed E-state index contributed by atoms with van der Waals surface area (Å²) in [5.41, 5.74) is 5.90. The molecule has 1 aliphatic heterocycles. The van der Waals surface area contributed by atoms with Gasteiger partial charge in [0.15, 0.2) is 0 Å². The number of hydrogen-bond acceptors (Lipinski definition) is 4. The minimum atomic E-state index is -0.293. The molecule has 1 N–H and O–H groups in total. The summed E-state index contributed by atoms with van der Waals surface area (Å²) in [5.74, 6) is 0. The summed E-state index contributed by atoms with van der Waals surface area (Å²) in [6.45, 7) is 4.84. The van der Waals surface area contributed by atoms with Crippen LogP contribution in [-0.2, 0) is 4.74 Å². The third-order valence-electron chi connectivity index (χ3n) is 3.25. The molecule has 0 aliphatic carbocycles. The fourth-order valence-corrected chi connectivity index (χ4v) is 2.11. The molecule has 1 amide bonds. The number of hydrazone groups is 1. The summed E-state index contributed by atoms with van der Waals surface area (Å²) in [7, 11) is 0. The van der Waals surface area contributed by atoms with Crippen LogP contribution in [0, 0.1) is 0 Å². The van der Waals surface area contributed by atoms with E-state index in [9.17, 15) is 4.79 Å². The number of rotatable bonds is 4. The molecule has 0 atom stereocenters. The molecular weight excluding hydrogens is 266 g/mol. The molecule has 0 saturated carbocycles. The van der Waals surface area contributed by atoms with Crippen LogP contribution < -0.4 is 5.43 Å². The van der Waals surface area contributed by atoms with Gasteiger partial charge in [0, 0.05) is 12.7 Å². The lowest BCUT2D eigenvalue weighted by Crippen LogP contribution is -2.31. The summed E-state index contributed by atoms with van der Waals surface area (Å²) < 4.78 is 5.03. The van der Waals surface area contributed by atoms with E-state index < -0.39 is 0 Å². The van der Waals surface area contributed by atoms with Crippen molar-refractivity contribution in [1.82, 2.24) is 4.90 Å². The summed E-state index contributed by atoms with van der Waals surface area (Å²) in [6.07, 6.45) is 3.39. The van der Waals surface area contributed by atoms with Gasteiger partial charge in [0.25, 0.3) is 0 Å². The first-order valence-electron chi connectivity index (χ1n) is 7.20. The molecule has 1 aromatic rings.